The summed E-state index contributed by atoms with van der Waals surface area (Å²) in [6.45, 7) is 4.48. The van der Waals surface area contributed by atoms with Crippen molar-refractivity contribution in [2.75, 3.05) is 5.75 Å². The zero-order valence-corrected chi connectivity index (χ0v) is 14.5. The molecule has 0 bridgehead atoms. The van der Waals surface area contributed by atoms with Gasteiger partial charge in [-0.3, -0.25) is 0 Å². The van der Waals surface area contributed by atoms with Crippen LogP contribution < -0.4 is 4.74 Å². The van der Waals surface area contributed by atoms with E-state index in [1.165, 1.54) is 53.5 Å². The standard InChI is InChI=1S/C20H26OS/c1-3-4-7-14-22-20-18-9-6-5-8-17(18)12-13-19(20)21-15(2)16-10-11-16/h5-6,8-9,12-13,15-16H,3-4,7,10-11,14H2,1-2H3. The van der Waals surface area contributed by atoms with E-state index in [4.69, 9.17) is 4.74 Å². The highest BCUT2D eigenvalue weighted by atomic mass is 32.2. The molecule has 1 atom stereocenters. The zero-order valence-electron chi connectivity index (χ0n) is 13.7. The van der Waals surface area contributed by atoms with E-state index in [9.17, 15) is 0 Å². The largest absolute Gasteiger partial charge is 0.489 e. The first kappa shape index (κ1) is 15.7. The Bertz CT molecular complexity index is 618. The van der Waals surface area contributed by atoms with E-state index < -0.39 is 0 Å². The Kier molecular flexibility index (Phi) is 5.30. The molecule has 2 heteroatoms. The molecule has 0 N–H and O–H groups in total. The molecule has 0 radical (unpaired) electrons. The molecule has 0 heterocycles. The summed E-state index contributed by atoms with van der Waals surface area (Å²) in [5, 5.41) is 2.65. The molecule has 1 nitrogen and oxygen atoms in total. The fourth-order valence-corrected chi connectivity index (χ4v) is 4.01. The third kappa shape index (κ3) is 3.78. The summed E-state index contributed by atoms with van der Waals surface area (Å²) in [6.07, 6.45) is 6.87. The van der Waals surface area contributed by atoms with Gasteiger partial charge in [0.2, 0.25) is 0 Å². The lowest BCUT2D eigenvalue weighted by Crippen LogP contribution is -2.14. The zero-order chi connectivity index (χ0) is 15.4. The van der Waals surface area contributed by atoms with Crippen molar-refractivity contribution in [1.82, 2.24) is 0 Å². The van der Waals surface area contributed by atoms with Gasteiger partial charge in [0.25, 0.3) is 0 Å². The smallest absolute Gasteiger partial charge is 0.133 e. The molecule has 3 rings (SSSR count). The second-order valence-corrected chi connectivity index (χ2v) is 7.44. The van der Waals surface area contributed by atoms with Gasteiger partial charge in [0, 0.05) is 0 Å². The minimum Gasteiger partial charge on any atom is -0.489 e. The predicted octanol–water partition coefficient (Wildman–Crippen LogP) is 6.30. The molecule has 2 aromatic rings. The maximum absolute atomic E-state index is 6.31. The lowest BCUT2D eigenvalue weighted by Gasteiger charge is -2.18. The van der Waals surface area contributed by atoms with Crippen LogP contribution in [0.4, 0.5) is 0 Å². The summed E-state index contributed by atoms with van der Waals surface area (Å²) in [5.41, 5.74) is 0. The topological polar surface area (TPSA) is 9.23 Å². The monoisotopic (exact) mass is 314 g/mol. The van der Waals surface area contributed by atoms with Gasteiger partial charge in [-0.2, -0.15) is 0 Å². The van der Waals surface area contributed by atoms with E-state index in [2.05, 4.69) is 50.2 Å². The van der Waals surface area contributed by atoms with Crippen LogP contribution in [0.5, 0.6) is 5.75 Å². The Morgan fingerprint density at radius 1 is 1.14 bits per heavy atom. The van der Waals surface area contributed by atoms with Crippen molar-refractivity contribution in [1.29, 1.82) is 0 Å². The van der Waals surface area contributed by atoms with Crippen LogP contribution in [0, 0.1) is 5.92 Å². The van der Waals surface area contributed by atoms with E-state index in [1.54, 1.807) is 0 Å². The van der Waals surface area contributed by atoms with Gasteiger partial charge in [0.05, 0.1) is 11.0 Å². The normalized spacial score (nSPS) is 15.9. The van der Waals surface area contributed by atoms with Gasteiger partial charge < -0.3 is 4.74 Å². The summed E-state index contributed by atoms with van der Waals surface area (Å²) in [5.74, 6) is 3.03. The molecule has 1 saturated carbocycles. The van der Waals surface area contributed by atoms with E-state index in [-0.39, 0.29) is 0 Å². The maximum atomic E-state index is 6.31. The first-order chi connectivity index (χ1) is 10.8. The molecular formula is C20H26OS. The van der Waals surface area contributed by atoms with Crippen LogP contribution in [0.2, 0.25) is 0 Å². The van der Waals surface area contributed by atoms with E-state index in [0.717, 1.165) is 11.7 Å². The average molecular weight is 314 g/mol. The summed E-state index contributed by atoms with van der Waals surface area (Å²) < 4.78 is 6.31. The van der Waals surface area contributed by atoms with E-state index in [0.29, 0.717) is 6.10 Å². The van der Waals surface area contributed by atoms with Crippen LogP contribution in [-0.4, -0.2) is 11.9 Å². The molecule has 118 valence electrons. The molecule has 0 aliphatic heterocycles. The van der Waals surface area contributed by atoms with Crippen LogP contribution in [0.1, 0.15) is 46.0 Å². The molecule has 22 heavy (non-hydrogen) atoms. The molecule has 0 aromatic heterocycles. The van der Waals surface area contributed by atoms with Crippen LogP contribution in [0.25, 0.3) is 10.8 Å². The fourth-order valence-electron chi connectivity index (χ4n) is 2.85. The highest BCUT2D eigenvalue weighted by Gasteiger charge is 2.30. The van der Waals surface area contributed by atoms with Crippen molar-refractivity contribution in [3.05, 3.63) is 36.4 Å². The average Bonchev–Trinajstić information content (AvgIpc) is 3.37. The molecule has 2 aromatic carbocycles. The van der Waals surface area contributed by atoms with Gasteiger partial charge in [-0.25, -0.2) is 0 Å². The van der Waals surface area contributed by atoms with E-state index >= 15 is 0 Å². The number of benzene rings is 2. The van der Waals surface area contributed by atoms with Crippen molar-refractivity contribution < 1.29 is 4.74 Å². The molecule has 1 aliphatic rings. The van der Waals surface area contributed by atoms with Gasteiger partial charge in [-0.05, 0) is 54.7 Å². The van der Waals surface area contributed by atoms with Gasteiger partial charge in [-0.1, -0.05) is 50.1 Å². The van der Waals surface area contributed by atoms with Crippen LogP contribution in [-0.2, 0) is 0 Å². The Morgan fingerprint density at radius 3 is 2.73 bits per heavy atom. The molecule has 1 aliphatic carbocycles. The van der Waals surface area contributed by atoms with Crippen molar-refractivity contribution >= 4 is 22.5 Å². The first-order valence-electron chi connectivity index (χ1n) is 8.60. The van der Waals surface area contributed by atoms with Crippen molar-refractivity contribution in [3.8, 4) is 5.75 Å². The predicted molar refractivity (Wildman–Crippen MR) is 97.0 cm³/mol. The number of rotatable bonds is 8. The highest BCUT2D eigenvalue weighted by molar-refractivity contribution is 7.99. The Morgan fingerprint density at radius 2 is 1.95 bits per heavy atom. The van der Waals surface area contributed by atoms with Crippen LogP contribution in [0.3, 0.4) is 0 Å². The third-order valence-corrected chi connectivity index (χ3v) is 5.64. The van der Waals surface area contributed by atoms with Gasteiger partial charge in [-0.15, -0.1) is 11.8 Å². The summed E-state index contributed by atoms with van der Waals surface area (Å²) in [7, 11) is 0. The minimum absolute atomic E-state index is 0.344. The fraction of sp³-hybridized carbons (Fsp3) is 0.500. The van der Waals surface area contributed by atoms with Crippen molar-refractivity contribution in [2.45, 2.75) is 57.0 Å². The lowest BCUT2D eigenvalue weighted by atomic mass is 10.1. The van der Waals surface area contributed by atoms with Crippen molar-refractivity contribution in [2.24, 2.45) is 5.92 Å². The maximum Gasteiger partial charge on any atom is 0.133 e. The Labute approximate surface area is 138 Å². The number of hydrogen-bond donors (Lipinski definition) is 0. The molecule has 0 amide bonds. The second kappa shape index (κ2) is 7.41. The molecule has 0 saturated heterocycles. The SMILES string of the molecule is CCCCCSc1c(OC(C)C2CC2)ccc2ccccc12. The number of unbranched alkanes of at least 4 members (excludes halogenated alkanes) is 2. The number of hydrogen-bond acceptors (Lipinski definition) is 2. The second-order valence-electron chi connectivity index (χ2n) is 6.33. The number of ether oxygens (including phenoxy) is 1. The molecule has 0 spiro atoms. The van der Waals surface area contributed by atoms with Gasteiger partial charge in [0.15, 0.2) is 0 Å². The van der Waals surface area contributed by atoms with Gasteiger partial charge >= 0.3 is 0 Å². The minimum atomic E-state index is 0.344. The lowest BCUT2D eigenvalue weighted by molar-refractivity contribution is 0.194. The Hall–Kier alpha value is -1.15. The van der Waals surface area contributed by atoms with Crippen molar-refractivity contribution in [3.63, 3.8) is 0 Å². The molecule has 1 unspecified atom stereocenters. The summed E-state index contributed by atoms with van der Waals surface area (Å²) in [6, 6.07) is 13.0. The summed E-state index contributed by atoms with van der Waals surface area (Å²) in [4.78, 5) is 1.33. The van der Waals surface area contributed by atoms with Crippen LogP contribution >= 0.6 is 11.8 Å². The highest BCUT2D eigenvalue weighted by Crippen LogP contribution is 2.40. The van der Waals surface area contributed by atoms with Crippen LogP contribution in [0.15, 0.2) is 41.3 Å². The first-order valence-corrected chi connectivity index (χ1v) is 9.59. The van der Waals surface area contributed by atoms with E-state index in [1.807, 2.05) is 11.8 Å². The number of fused-ring (bicyclic) bond motifs is 1. The summed E-state index contributed by atoms with van der Waals surface area (Å²) >= 11 is 1.97. The number of thioether (sulfide) groups is 1. The van der Waals surface area contributed by atoms with Gasteiger partial charge in [0.1, 0.15) is 5.75 Å². The quantitative estimate of drug-likeness (QED) is 0.418. The Balaban J connectivity index is 1.84. The molecular weight excluding hydrogens is 288 g/mol. The third-order valence-electron chi connectivity index (χ3n) is 4.44. The molecule has 1 fully saturated rings.